The topological polar surface area (TPSA) is 89.8 Å². The third kappa shape index (κ3) is 3.02. The molecule has 0 unspecified atom stereocenters. The van der Waals surface area contributed by atoms with E-state index in [4.69, 9.17) is 15.3 Å². The maximum atomic E-state index is 10.8. The summed E-state index contributed by atoms with van der Waals surface area (Å²) in [5, 5.41) is 31.6. The number of carbonyl (C=O) groups is 1. The van der Waals surface area contributed by atoms with Crippen LogP contribution in [-0.4, -0.2) is 40.0 Å². The lowest BCUT2D eigenvalue weighted by Crippen LogP contribution is -2.48. The quantitative estimate of drug-likeness (QED) is 0.578. The lowest BCUT2D eigenvalue weighted by Gasteiger charge is -2.26. The zero-order valence-electron chi connectivity index (χ0n) is 8.93. The van der Waals surface area contributed by atoms with E-state index in [-0.39, 0.29) is 18.1 Å². The third-order valence-corrected chi connectivity index (χ3v) is 3.29. The Balaban J connectivity index is 2.67. The summed E-state index contributed by atoms with van der Waals surface area (Å²) in [7, 11) is 0. The first-order chi connectivity index (χ1) is 7.52. The summed E-state index contributed by atoms with van der Waals surface area (Å²) >= 11 is 1.16. The minimum absolute atomic E-state index is 0.212. The van der Waals surface area contributed by atoms with Gasteiger partial charge in [0.25, 0.3) is 0 Å². The fourth-order valence-electron chi connectivity index (χ4n) is 1.13. The highest BCUT2D eigenvalue weighted by Crippen LogP contribution is 2.17. The molecule has 16 heavy (non-hydrogen) atoms. The van der Waals surface area contributed by atoms with E-state index in [1.165, 1.54) is 0 Å². The fraction of sp³-hybridized carbons (Fsp3) is 0.500. The number of carboxylic acid groups (broad SMARTS) is 1. The Morgan fingerprint density at radius 3 is 2.62 bits per heavy atom. The average Bonchev–Trinajstić information content (AvgIpc) is 2.74. The van der Waals surface area contributed by atoms with Crippen LogP contribution in [0.15, 0.2) is 11.4 Å². The summed E-state index contributed by atoms with van der Waals surface area (Å²) in [6.07, 6.45) is 0. The zero-order valence-corrected chi connectivity index (χ0v) is 9.75. The summed E-state index contributed by atoms with van der Waals surface area (Å²) in [5.41, 5.74) is -0.136. The molecule has 0 spiro atoms. The lowest BCUT2D eigenvalue weighted by atomic mass is 10.1. The Hall–Kier alpha value is -0.950. The van der Waals surface area contributed by atoms with Crippen molar-refractivity contribution in [3.63, 3.8) is 0 Å². The molecule has 6 heteroatoms. The van der Waals surface area contributed by atoms with Crippen molar-refractivity contribution in [3.8, 4) is 0 Å². The number of rotatable bonds is 6. The van der Waals surface area contributed by atoms with Crippen molar-refractivity contribution in [2.45, 2.75) is 19.0 Å². The molecule has 0 aliphatic carbocycles. The van der Waals surface area contributed by atoms with Crippen LogP contribution < -0.4 is 5.32 Å². The van der Waals surface area contributed by atoms with E-state index in [2.05, 4.69) is 5.32 Å². The molecule has 1 rings (SSSR count). The van der Waals surface area contributed by atoms with Gasteiger partial charge >= 0.3 is 5.97 Å². The van der Waals surface area contributed by atoms with Gasteiger partial charge in [-0.2, -0.15) is 0 Å². The number of aliphatic hydroxyl groups is 2. The van der Waals surface area contributed by atoms with E-state index in [1.807, 2.05) is 0 Å². The molecule has 0 aromatic carbocycles. The molecule has 0 aliphatic heterocycles. The molecule has 0 bridgehead atoms. The predicted octanol–water partition coefficient (Wildman–Crippen LogP) is 0.279. The largest absolute Gasteiger partial charge is 0.477 e. The Morgan fingerprint density at radius 2 is 2.12 bits per heavy atom. The highest BCUT2D eigenvalue weighted by atomic mass is 32.1. The van der Waals surface area contributed by atoms with Crippen molar-refractivity contribution in [1.29, 1.82) is 0 Å². The molecule has 90 valence electrons. The first-order valence-electron chi connectivity index (χ1n) is 4.79. The van der Waals surface area contributed by atoms with Crippen LogP contribution >= 0.6 is 11.3 Å². The first kappa shape index (κ1) is 13.1. The summed E-state index contributed by atoms with van der Waals surface area (Å²) < 4.78 is 0. The van der Waals surface area contributed by atoms with Gasteiger partial charge in [0.2, 0.25) is 0 Å². The minimum Gasteiger partial charge on any atom is -0.477 e. The molecule has 1 aromatic heterocycles. The van der Waals surface area contributed by atoms with Crippen molar-refractivity contribution in [3.05, 3.63) is 21.9 Å². The molecular weight excluding hydrogens is 230 g/mol. The highest BCUT2D eigenvalue weighted by Gasteiger charge is 2.22. The van der Waals surface area contributed by atoms with Crippen LogP contribution in [0.2, 0.25) is 0 Å². The lowest BCUT2D eigenvalue weighted by molar-refractivity contribution is 0.0700. The molecular formula is C10H15NO4S. The molecule has 1 aromatic rings. The SMILES string of the molecule is CC(CO)(CO)NCc1ccsc1C(=O)O. The van der Waals surface area contributed by atoms with Crippen molar-refractivity contribution < 1.29 is 20.1 Å². The summed E-state index contributed by atoms with van der Waals surface area (Å²) in [4.78, 5) is 11.1. The second-order valence-electron chi connectivity index (χ2n) is 3.81. The molecule has 0 fully saturated rings. The van der Waals surface area contributed by atoms with Crippen LogP contribution in [-0.2, 0) is 6.54 Å². The second-order valence-corrected chi connectivity index (χ2v) is 4.73. The Kier molecular flexibility index (Phi) is 4.43. The van der Waals surface area contributed by atoms with Crippen LogP contribution in [0.1, 0.15) is 22.2 Å². The van der Waals surface area contributed by atoms with Crippen molar-refractivity contribution in [1.82, 2.24) is 5.32 Å². The van der Waals surface area contributed by atoms with Crippen molar-refractivity contribution >= 4 is 17.3 Å². The molecule has 0 aliphatic rings. The number of aliphatic hydroxyl groups excluding tert-OH is 2. The van der Waals surface area contributed by atoms with E-state index in [0.29, 0.717) is 12.1 Å². The molecule has 4 N–H and O–H groups in total. The van der Waals surface area contributed by atoms with E-state index in [1.54, 1.807) is 18.4 Å². The van der Waals surface area contributed by atoms with Crippen molar-refractivity contribution in [2.75, 3.05) is 13.2 Å². The van der Waals surface area contributed by atoms with Crippen LogP contribution in [0, 0.1) is 0 Å². The summed E-state index contributed by atoms with van der Waals surface area (Å²) in [6, 6.07) is 1.72. The Bertz CT molecular complexity index is 359. The van der Waals surface area contributed by atoms with E-state index in [9.17, 15) is 4.79 Å². The Labute approximate surface area is 97.4 Å². The van der Waals surface area contributed by atoms with Gasteiger partial charge in [-0.25, -0.2) is 4.79 Å². The van der Waals surface area contributed by atoms with Crippen LogP contribution in [0.3, 0.4) is 0 Å². The fourth-order valence-corrected chi connectivity index (χ4v) is 1.89. The van der Waals surface area contributed by atoms with Gasteiger partial charge in [0.05, 0.1) is 18.8 Å². The van der Waals surface area contributed by atoms with Gasteiger partial charge in [0.1, 0.15) is 4.88 Å². The molecule has 1 heterocycles. The molecule has 0 atom stereocenters. The second kappa shape index (κ2) is 5.40. The maximum Gasteiger partial charge on any atom is 0.346 e. The normalized spacial score (nSPS) is 11.7. The number of hydrogen-bond donors (Lipinski definition) is 4. The molecule has 0 radical (unpaired) electrons. The smallest absolute Gasteiger partial charge is 0.346 e. The summed E-state index contributed by atoms with van der Waals surface area (Å²) in [5.74, 6) is -0.957. The highest BCUT2D eigenvalue weighted by molar-refractivity contribution is 7.12. The van der Waals surface area contributed by atoms with Gasteiger partial charge < -0.3 is 20.6 Å². The summed E-state index contributed by atoms with van der Waals surface area (Å²) in [6.45, 7) is 1.55. The van der Waals surface area contributed by atoms with Gasteiger partial charge in [-0.05, 0) is 23.9 Å². The molecule has 0 amide bonds. The number of carboxylic acids is 1. The number of nitrogens with one attached hydrogen (secondary N) is 1. The Morgan fingerprint density at radius 1 is 1.50 bits per heavy atom. The zero-order chi connectivity index (χ0) is 12.2. The first-order valence-corrected chi connectivity index (χ1v) is 5.67. The predicted molar refractivity (Wildman–Crippen MR) is 60.7 cm³/mol. The molecule has 0 saturated carbocycles. The van der Waals surface area contributed by atoms with Gasteiger partial charge in [0, 0.05) is 6.54 Å². The number of thiophene rings is 1. The average molecular weight is 245 g/mol. The monoisotopic (exact) mass is 245 g/mol. The van der Waals surface area contributed by atoms with Crippen LogP contribution in [0.5, 0.6) is 0 Å². The van der Waals surface area contributed by atoms with Crippen LogP contribution in [0.4, 0.5) is 0 Å². The van der Waals surface area contributed by atoms with E-state index >= 15 is 0 Å². The minimum atomic E-state index is -0.957. The van der Waals surface area contributed by atoms with Gasteiger partial charge in [-0.3, -0.25) is 0 Å². The van der Waals surface area contributed by atoms with E-state index in [0.717, 1.165) is 11.3 Å². The standard InChI is InChI=1S/C10H15NO4S/c1-10(5-12,6-13)11-4-7-2-3-16-8(7)9(14)15/h2-3,11-13H,4-6H2,1H3,(H,14,15). The van der Waals surface area contributed by atoms with Gasteiger partial charge in [0.15, 0.2) is 0 Å². The van der Waals surface area contributed by atoms with Gasteiger partial charge in [-0.15, -0.1) is 11.3 Å². The third-order valence-electron chi connectivity index (χ3n) is 2.34. The van der Waals surface area contributed by atoms with Crippen LogP contribution in [0.25, 0.3) is 0 Å². The number of hydrogen-bond acceptors (Lipinski definition) is 5. The van der Waals surface area contributed by atoms with Crippen molar-refractivity contribution in [2.24, 2.45) is 0 Å². The molecule has 0 saturated heterocycles. The maximum absolute atomic E-state index is 10.8. The molecule has 5 nitrogen and oxygen atoms in total. The van der Waals surface area contributed by atoms with E-state index < -0.39 is 11.5 Å². The number of aromatic carboxylic acids is 1. The van der Waals surface area contributed by atoms with Gasteiger partial charge in [-0.1, -0.05) is 0 Å².